The summed E-state index contributed by atoms with van der Waals surface area (Å²) < 4.78 is 0. The van der Waals surface area contributed by atoms with Gasteiger partial charge in [-0.1, -0.05) is 11.6 Å². The summed E-state index contributed by atoms with van der Waals surface area (Å²) >= 11 is 5.83. The van der Waals surface area contributed by atoms with Gasteiger partial charge in [-0.2, -0.15) is 0 Å². The van der Waals surface area contributed by atoms with Gasteiger partial charge in [-0.25, -0.2) is 4.79 Å². The zero-order valence-electron chi connectivity index (χ0n) is 9.87. The number of benzene rings is 1. The van der Waals surface area contributed by atoms with Crippen LogP contribution in [-0.2, 0) is 4.79 Å². The monoisotopic (exact) mass is 255 g/mol. The Morgan fingerprint density at radius 2 is 1.88 bits per heavy atom. The van der Waals surface area contributed by atoms with E-state index < -0.39 is 17.4 Å². The minimum absolute atomic E-state index is 0.351. The van der Waals surface area contributed by atoms with Crippen molar-refractivity contribution in [1.29, 1.82) is 0 Å². The molecule has 0 atom stereocenters. The smallest absolute Gasteiger partial charge is 0.328 e. The van der Waals surface area contributed by atoms with Crippen LogP contribution in [0.5, 0.6) is 0 Å². The van der Waals surface area contributed by atoms with E-state index in [1.165, 1.54) is 19.9 Å². The minimum Gasteiger partial charge on any atom is -0.480 e. The van der Waals surface area contributed by atoms with E-state index >= 15 is 0 Å². The Hall–Kier alpha value is -1.55. The molecular weight excluding hydrogens is 242 g/mol. The van der Waals surface area contributed by atoms with E-state index in [0.29, 0.717) is 10.6 Å². The number of rotatable bonds is 3. The highest BCUT2D eigenvalue weighted by molar-refractivity contribution is 6.31. The van der Waals surface area contributed by atoms with Gasteiger partial charge in [0.25, 0.3) is 5.91 Å². The summed E-state index contributed by atoms with van der Waals surface area (Å²) in [6.07, 6.45) is 0. The zero-order valence-corrected chi connectivity index (χ0v) is 10.6. The molecular formula is C12H14ClNO3. The number of carboxylic acid groups (broad SMARTS) is 1. The molecule has 0 heterocycles. The first-order valence-corrected chi connectivity index (χ1v) is 5.43. The Morgan fingerprint density at radius 1 is 1.29 bits per heavy atom. The van der Waals surface area contributed by atoms with Crippen LogP contribution in [0.1, 0.15) is 29.8 Å². The molecule has 0 unspecified atom stereocenters. The lowest BCUT2D eigenvalue weighted by atomic mass is 10.0. The fourth-order valence-electron chi connectivity index (χ4n) is 1.28. The number of hydrogen-bond donors (Lipinski definition) is 2. The molecule has 0 aliphatic heterocycles. The molecule has 2 N–H and O–H groups in total. The Bertz CT molecular complexity index is 449. The van der Waals surface area contributed by atoms with E-state index in [2.05, 4.69) is 5.32 Å². The van der Waals surface area contributed by atoms with E-state index in [9.17, 15) is 9.59 Å². The lowest BCUT2D eigenvalue weighted by molar-refractivity contribution is -0.143. The number of nitrogens with one attached hydrogen (secondary N) is 1. The number of carbonyl (C=O) groups is 2. The lowest BCUT2D eigenvalue weighted by Crippen LogP contribution is -2.49. The van der Waals surface area contributed by atoms with Gasteiger partial charge in [0.15, 0.2) is 0 Å². The molecule has 0 fully saturated rings. The van der Waals surface area contributed by atoms with Crippen LogP contribution in [-0.4, -0.2) is 22.5 Å². The molecule has 0 radical (unpaired) electrons. The predicted octanol–water partition coefficient (Wildman–Crippen LogP) is 2.24. The van der Waals surface area contributed by atoms with Crippen molar-refractivity contribution in [3.8, 4) is 0 Å². The summed E-state index contributed by atoms with van der Waals surface area (Å²) in [4.78, 5) is 22.7. The van der Waals surface area contributed by atoms with E-state index in [1.54, 1.807) is 12.1 Å². The van der Waals surface area contributed by atoms with Gasteiger partial charge in [0, 0.05) is 10.6 Å². The number of carboxylic acids is 1. The van der Waals surface area contributed by atoms with Gasteiger partial charge in [0.1, 0.15) is 5.54 Å². The van der Waals surface area contributed by atoms with Crippen molar-refractivity contribution in [3.63, 3.8) is 0 Å². The van der Waals surface area contributed by atoms with Crippen LogP contribution in [0.2, 0.25) is 5.02 Å². The predicted molar refractivity (Wildman–Crippen MR) is 65.4 cm³/mol. The lowest BCUT2D eigenvalue weighted by Gasteiger charge is -2.21. The molecule has 17 heavy (non-hydrogen) atoms. The van der Waals surface area contributed by atoms with Gasteiger partial charge in [-0.15, -0.1) is 0 Å². The fraction of sp³-hybridized carbons (Fsp3) is 0.333. The second-order valence-corrected chi connectivity index (χ2v) is 4.84. The normalized spacial score (nSPS) is 11.1. The van der Waals surface area contributed by atoms with Crippen LogP contribution in [0.3, 0.4) is 0 Å². The van der Waals surface area contributed by atoms with Crippen molar-refractivity contribution in [2.24, 2.45) is 0 Å². The van der Waals surface area contributed by atoms with Crippen molar-refractivity contribution in [2.45, 2.75) is 26.3 Å². The zero-order chi connectivity index (χ0) is 13.2. The van der Waals surface area contributed by atoms with Gasteiger partial charge in [0.2, 0.25) is 0 Å². The molecule has 1 amide bonds. The van der Waals surface area contributed by atoms with Crippen molar-refractivity contribution in [3.05, 3.63) is 34.3 Å². The van der Waals surface area contributed by atoms with Crippen molar-refractivity contribution >= 4 is 23.5 Å². The summed E-state index contributed by atoms with van der Waals surface area (Å²) in [5, 5.41) is 11.8. The highest BCUT2D eigenvalue weighted by atomic mass is 35.5. The number of amides is 1. The van der Waals surface area contributed by atoms with Gasteiger partial charge >= 0.3 is 5.97 Å². The van der Waals surface area contributed by atoms with Crippen LogP contribution in [0, 0.1) is 6.92 Å². The molecule has 4 nitrogen and oxygen atoms in total. The van der Waals surface area contributed by atoms with E-state index in [-0.39, 0.29) is 0 Å². The van der Waals surface area contributed by atoms with Crippen molar-refractivity contribution in [1.82, 2.24) is 5.32 Å². The quantitative estimate of drug-likeness (QED) is 0.871. The second-order valence-electron chi connectivity index (χ2n) is 4.40. The molecule has 0 saturated heterocycles. The third kappa shape index (κ3) is 3.46. The Morgan fingerprint density at radius 3 is 2.35 bits per heavy atom. The Labute approximate surface area is 105 Å². The number of halogens is 1. The van der Waals surface area contributed by atoms with E-state index in [4.69, 9.17) is 16.7 Å². The third-order valence-corrected chi connectivity index (χ3v) is 2.48. The highest BCUT2D eigenvalue weighted by Gasteiger charge is 2.29. The molecule has 92 valence electrons. The van der Waals surface area contributed by atoms with Crippen molar-refractivity contribution in [2.75, 3.05) is 0 Å². The minimum atomic E-state index is -1.31. The average Bonchev–Trinajstić information content (AvgIpc) is 2.15. The van der Waals surface area contributed by atoms with Gasteiger partial charge in [-0.3, -0.25) is 4.79 Å². The number of hydrogen-bond acceptors (Lipinski definition) is 2. The maximum absolute atomic E-state index is 11.8. The van der Waals surface area contributed by atoms with Crippen LogP contribution < -0.4 is 5.32 Å². The maximum Gasteiger partial charge on any atom is 0.328 e. The molecule has 1 rings (SSSR count). The number of aryl methyl sites for hydroxylation is 1. The molecule has 0 aromatic heterocycles. The van der Waals surface area contributed by atoms with E-state index in [0.717, 1.165) is 5.56 Å². The van der Waals surface area contributed by atoms with Crippen LogP contribution in [0.25, 0.3) is 0 Å². The van der Waals surface area contributed by atoms with Crippen molar-refractivity contribution < 1.29 is 14.7 Å². The molecule has 0 aliphatic carbocycles. The first-order valence-electron chi connectivity index (χ1n) is 5.05. The number of aliphatic carboxylic acids is 1. The molecule has 5 heteroatoms. The van der Waals surface area contributed by atoms with Gasteiger partial charge in [-0.05, 0) is 44.5 Å². The fourth-order valence-corrected chi connectivity index (χ4v) is 1.57. The molecule has 1 aromatic carbocycles. The maximum atomic E-state index is 11.8. The van der Waals surface area contributed by atoms with Gasteiger partial charge < -0.3 is 10.4 Å². The SMILES string of the molecule is Cc1cc(Cl)cc(C(=O)NC(C)(C)C(=O)O)c1. The van der Waals surface area contributed by atoms with Crippen LogP contribution >= 0.6 is 11.6 Å². The first kappa shape index (κ1) is 13.5. The second kappa shape index (κ2) is 4.75. The molecule has 0 spiro atoms. The summed E-state index contributed by atoms with van der Waals surface area (Å²) in [6.45, 7) is 4.65. The number of carbonyl (C=O) groups excluding carboxylic acids is 1. The average molecular weight is 256 g/mol. The largest absolute Gasteiger partial charge is 0.480 e. The molecule has 1 aromatic rings. The first-order chi connectivity index (χ1) is 7.72. The molecule has 0 bridgehead atoms. The van der Waals surface area contributed by atoms with Crippen LogP contribution in [0.15, 0.2) is 18.2 Å². The topological polar surface area (TPSA) is 66.4 Å². The third-order valence-electron chi connectivity index (χ3n) is 2.27. The Kier molecular flexibility index (Phi) is 3.78. The molecule has 0 aliphatic rings. The Balaban J connectivity index is 2.94. The van der Waals surface area contributed by atoms with Crippen LogP contribution in [0.4, 0.5) is 0 Å². The van der Waals surface area contributed by atoms with Gasteiger partial charge in [0.05, 0.1) is 0 Å². The van der Waals surface area contributed by atoms with E-state index in [1.807, 2.05) is 6.92 Å². The summed E-state index contributed by atoms with van der Waals surface area (Å²) in [5.74, 6) is -1.55. The highest BCUT2D eigenvalue weighted by Crippen LogP contribution is 2.15. The summed E-state index contributed by atoms with van der Waals surface area (Å²) in [7, 11) is 0. The molecule has 0 saturated carbocycles. The standard InChI is InChI=1S/C12H14ClNO3/c1-7-4-8(6-9(13)5-7)10(15)14-12(2,3)11(16)17/h4-6H,1-3H3,(H,14,15)(H,16,17). The summed E-state index contributed by atoms with van der Waals surface area (Å²) in [5.41, 5.74) is -0.118. The summed E-state index contributed by atoms with van der Waals surface area (Å²) in [6, 6.07) is 4.88.